The van der Waals surface area contributed by atoms with Crippen molar-refractivity contribution in [2.45, 2.75) is 74.8 Å². The predicted octanol–water partition coefficient (Wildman–Crippen LogP) is 7.60. The summed E-state index contributed by atoms with van der Waals surface area (Å²) in [5.74, 6) is 0.407. The second kappa shape index (κ2) is 21.3. The lowest BCUT2D eigenvalue weighted by Gasteiger charge is -2.43. The van der Waals surface area contributed by atoms with E-state index in [0.29, 0.717) is 45.4 Å². The fraction of sp³-hybridized carbons (Fsp3) is 0.458. The fourth-order valence-corrected chi connectivity index (χ4v) is 11.8. The second-order valence-electron chi connectivity index (χ2n) is 17.7. The lowest BCUT2D eigenvalue weighted by Crippen LogP contribution is -2.54. The van der Waals surface area contributed by atoms with Gasteiger partial charge in [-0.1, -0.05) is 49.1 Å². The third-order valence-corrected chi connectivity index (χ3v) is 15.9. The first kappa shape index (κ1) is 47.5. The van der Waals surface area contributed by atoms with Crippen LogP contribution < -0.4 is 30.9 Å². The van der Waals surface area contributed by atoms with Crippen LogP contribution in [0.2, 0.25) is 5.02 Å². The highest BCUT2D eigenvalue weighted by molar-refractivity contribution is 7.99. The van der Waals surface area contributed by atoms with Crippen LogP contribution in [0.15, 0.2) is 71.8 Å². The average Bonchev–Trinajstić information content (AvgIpc) is 3.57. The number of halogens is 1. The molecule has 66 heavy (non-hydrogen) atoms. The molecular formula is C48H59ClN9O6PS. The number of nitrogens with one attached hydrogen (secondary N) is 3. The highest BCUT2D eigenvalue weighted by atomic mass is 35.5. The van der Waals surface area contributed by atoms with Crippen LogP contribution in [0.1, 0.15) is 78.5 Å². The van der Waals surface area contributed by atoms with Crippen molar-refractivity contribution in [1.82, 2.24) is 30.0 Å². The number of piperazine rings is 1. The van der Waals surface area contributed by atoms with Crippen LogP contribution >= 0.6 is 30.5 Å². The number of thioether (sulfide) groups is 1. The fourth-order valence-electron chi connectivity index (χ4n) is 9.39. The quantitative estimate of drug-likeness (QED) is 0.0386. The van der Waals surface area contributed by atoms with Gasteiger partial charge in [0.1, 0.15) is 24.0 Å². The summed E-state index contributed by atoms with van der Waals surface area (Å²) >= 11 is 8.08. The minimum absolute atomic E-state index is 0.105. The molecule has 8 rings (SSSR count). The van der Waals surface area contributed by atoms with E-state index in [1.54, 1.807) is 44.3 Å². The Morgan fingerprint density at radius 2 is 1.61 bits per heavy atom. The number of benzene rings is 3. The number of hydrogen-bond donors (Lipinski definition) is 3. The average molecular weight is 957 g/mol. The van der Waals surface area contributed by atoms with Gasteiger partial charge in [-0.15, -0.1) is 11.8 Å². The maximum absolute atomic E-state index is 13.4. The predicted molar refractivity (Wildman–Crippen MR) is 262 cm³/mol. The molecule has 0 spiro atoms. The molecule has 15 nitrogen and oxygen atoms in total. The number of anilines is 5. The molecule has 4 aromatic rings. The third-order valence-electron chi connectivity index (χ3n) is 13.0. The zero-order valence-corrected chi connectivity index (χ0v) is 40.4. The normalized spacial score (nSPS) is 18.7. The van der Waals surface area contributed by atoms with Crippen molar-refractivity contribution < 1.29 is 28.5 Å². The Labute approximate surface area is 396 Å². The lowest BCUT2D eigenvalue weighted by atomic mass is 10.0. The summed E-state index contributed by atoms with van der Waals surface area (Å²) in [6, 6.07) is 18.6. The number of hydrogen-bond acceptors (Lipinski definition) is 14. The maximum Gasteiger partial charge on any atom is 0.263 e. The Morgan fingerprint density at radius 1 is 0.848 bits per heavy atom. The van der Waals surface area contributed by atoms with E-state index < -0.39 is 30.9 Å². The Bertz CT molecular complexity index is 2490. The van der Waals surface area contributed by atoms with E-state index in [1.165, 1.54) is 19.0 Å². The highest BCUT2D eigenvalue weighted by Gasteiger charge is 2.45. The third kappa shape index (κ3) is 11.1. The molecule has 3 fully saturated rings. The van der Waals surface area contributed by atoms with Crippen LogP contribution in [0.3, 0.4) is 0 Å². The summed E-state index contributed by atoms with van der Waals surface area (Å²) in [4.78, 5) is 69.2. The van der Waals surface area contributed by atoms with Gasteiger partial charge in [0.2, 0.25) is 17.8 Å². The van der Waals surface area contributed by atoms with Gasteiger partial charge in [0.25, 0.3) is 11.8 Å². The van der Waals surface area contributed by atoms with Crippen LogP contribution in [-0.4, -0.2) is 132 Å². The molecule has 0 radical (unpaired) electrons. The number of ether oxygens (including phenoxy) is 1. The van der Waals surface area contributed by atoms with Crippen LogP contribution in [0.25, 0.3) is 0 Å². The maximum atomic E-state index is 13.4. The van der Waals surface area contributed by atoms with Gasteiger partial charge in [0.05, 0.1) is 35.8 Å². The zero-order chi connectivity index (χ0) is 46.4. The molecule has 1 aromatic heterocycles. The van der Waals surface area contributed by atoms with Gasteiger partial charge in [-0.3, -0.25) is 34.3 Å². The summed E-state index contributed by atoms with van der Waals surface area (Å²) in [6.45, 7) is 11.0. The van der Waals surface area contributed by atoms with Crippen molar-refractivity contribution >= 4 is 88.3 Å². The Hall–Kier alpha value is -4.99. The number of amides is 4. The molecule has 1 unspecified atom stereocenters. The Balaban J connectivity index is 0.722. The van der Waals surface area contributed by atoms with Crippen LogP contribution in [0, 0.1) is 0 Å². The van der Waals surface area contributed by atoms with E-state index in [9.17, 15) is 23.7 Å². The smallest absolute Gasteiger partial charge is 0.263 e. The largest absolute Gasteiger partial charge is 0.494 e. The lowest BCUT2D eigenvalue weighted by molar-refractivity contribution is -0.136. The summed E-state index contributed by atoms with van der Waals surface area (Å²) in [5, 5.41) is 9.87. The van der Waals surface area contributed by atoms with E-state index in [4.69, 9.17) is 16.3 Å². The number of aromatic nitrogens is 2. The van der Waals surface area contributed by atoms with E-state index in [1.807, 2.05) is 36.4 Å². The molecular weight excluding hydrogens is 897 g/mol. The molecule has 0 aliphatic carbocycles. The van der Waals surface area contributed by atoms with E-state index >= 15 is 0 Å². The molecule has 0 bridgehead atoms. The topological polar surface area (TPSA) is 169 Å². The van der Waals surface area contributed by atoms with Crippen molar-refractivity contribution in [2.24, 2.45) is 0 Å². The Kier molecular flexibility index (Phi) is 15.3. The van der Waals surface area contributed by atoms with E-state index in [2.05, 4.69) is 52.8 Å². The minimum Gasteiger partial charge on any atom is -0.494 e. The molecule has 4 aliphatic heterocycles. The summed E-state index contributed by atoms with van der Waals surface area (Å²) < 4.78 is 18.7. The van der Waals surface area contributed by atoms with Gasteiger partial charge in [-0.2, -0.15) is 4.98 Å². The number of unbranched alkanes of at least 4 members (excludes halogenated alkanes) is 4. The molecule has 3 aromatic carbocycles. The first-order valence-electron chi connectivity index (χ1n) is 23.0. The van der Waals surface area contributed by atoms with Gasteiger partial charge in [-0.05, 0) is 94.1 Å². The van der Waals surface area contributed by atoms with Crippen molar-refractivity contribution in [3.63, 3.8) is 0 Å². The first-order chi connectivity index (χ1) is 31.9. The van der Waals surface area contributed by atoms with Gasteiger partial charge in [0, 0.05) is 73.7 Å². The molecule has 18 heteroatoms. The molecule has 1 atom stereocenters. The molecule has 4 aliphatic rings. The number of piperidine rings is 2. The number of para-hydroxylation sites is 1. The number of carbonyl (C=O) groups is 4. The standard InChI is InChI=1S/C48H59ClN9O6PS/c1-64-39-30-33(16-17-36(39)52-48-50-31-35(49)44(54-48)51-37-13-7-8-14-40(37)65(2,3)63)56-23-20-32(21-24-56)57-27-25-55(26-28-57)22-9-5-4-6-10-29-66-41-15-11-12-34-43(41)47(62)58(46(34)61)38-18-19-42(59)53-45(38)60/h7-8,11-17,30-32,38H,4-6,9-10,18-29H2,1-3H3,(H,53,59,60)(H2,50,51,52,54). The van der Waals surface area contributed by atoms with E-state index in [-0.39, 0.29) is 18.7 Å². The number of fused-ring (bicyclic) bond motifs is 1. The molecule has 350 valence electrons. The zero-order valence-electron chi connectivity index (χ0n) is 37.9. The highest BCUT2D eigenvalue weighted by Crippen LogP contribution is 2.40. The van der Waals surface area contributed by atoms with E-state index in [0.717, 1.165) is 110 Å². The van der Waals surface area contributed by atoms with Gasteiger partial charge in [0.15, 0.2) is 5.82 Å². The summed E-state index contributed by atoms with van der Waals surface area (Å²) in [7, 11) is -0.885. The molecule has 5 heterocycles. The van der Waals surface area contributed by atoms with Crippen LogP contribution in [0.4, 0.5) is 28.8 Å². The van der Waals surface area contributed by atoms with Crippen molar-refractivity contribution in [2.75, 3.05) is 87.5 Å². The van der Waals surface area contributed by atoms with Crippen molar-refractivity contribution in [1.29, 1.82) is 0 Å². The summed E-state index contributed by atoms with van der Waals surface area (Å²) in [5.41, 5.74) is 3.25. The van der Waals surface area contributed by atoms with Gasteiger partial charge in [-0.25, -0.2) is 4.98 Å². The first-order valence-corrected chi connectivity index (χ1v) is 26.9. The summed E-state index contributed by atoms with van der Waals surface area (Å²) in [6.07, 6.45) is 9.68. The SMILES string of the molecule is COc1cc(N2CCC(N3CCN(CCCCCCCSc4cccc5c4C(=O)N(C4CCC(=O)NC4=O)C5=O)CC3)CC2)ccc1Nc1ncc(Cl)c(Nc2ccccc2P(C)(C)=O)n1. The number of rotatable bonds is 18. The Morgan fingerprint density at radius 3 is 2.36 bits per heavy atom. The number of nitrogens with zero attached hydrogens (tertiary/aromatic N) is 6. The second-order valence-corrected chi connectivity index (χ2v) is 22.5. The van der Waals surface area contributed by atoms with Crippen molar-refractivity contribution in [3.8, 4) is 5.75 Å². The number of methoxy groups -OCH3 is 1. The van der Waals surface area contributed by atoms with Crippen molar-refractivity contribution in [3.05, 3.63) is 83.0 Å². The number of imide groups is 2. The molecule has 4 amide bonds. The van der Waals surface area contributed by atoms with Crippen LogP contribution in [-0.2, 0) is 14.2 Å². The number of carbonyl (C=O) groups excluding carboxylic acids is 4. The molecule has 3 saturated heterocycles. The van der Waals surface area contributed by atoms with Gasteiger partial charge < -0.3 is 29.7 Å². The van der Waals surface area contributed by atoms with Crippen LogP contribution in [0.5, 0.6) is 5.75 Å². The molecule has 3 N–H and O–H groups in total. The van der Waals surface area contributed by atoms with Gasteiger partial charge >= 0.3 is 0 Å². The molecule has 0 saturated carbocycles. The monoisotopic (exact) mass is 955 g/mol. The minimum atomic E-state index is -2.55.